The molecule has 38 heavy (non-hydrogen) atoms. The zero-order valence-corrected chi connectivity index (χ0v) is 21.1. The molecule has 0 saturated carbocycles. The predicted octanol–water partition coefficient (Wildman–Crippen LogP) is 5.06. The van der Waals surface area contributed by atoms with Crippen LogP contribution in [0, 0.1) is 5.82 Å². The first-order valence-corrected chi connectivity index (χ1v) is 12.7. The Morgan fingerprint density at radius 1 is 1.11 bits per heavy atom. The van der Waals surface area contributed by atoms with Crippen molar-refractivity contribution in [2.45, 2.75) is 37.5 Å². The van der Waals surface area contributed by atoms with E-state index in [0.717, 1.165) is 49.3 Å². The third-order valence-corrected chi connectivity index (χ3v) is 7.52. The Labute approximate surface area is 217 Å². The van der Waals surface area contributed by atoms with Crippen LogP contribution < -0.4 is 4.74 Å². The van der Waals surface area contributed by atoms with Crippen LogP contribution in [0.15, 0.2) is 36.5 Å². The van der Waals surface area contributed by atoms with Gasteiger partial charge in [0.2, 0.25) is 0 Å². The highest BCUT2D eigenvalue weighted by Crippen LogP contribution is 2.37. The third-order valence-electron chi connectivity index (χ3n) is 7.52. The van der Waals surface area contributed by atoms with E-state index in [1.54, 1.807) is 12.0 Å². The second kappa shape index (κ2) is 10.9. The smallest absolute Gasteiger partial charge is 0.406 e. The molecule has 11 heteroatoms. The van der Waals surface area contributed by atoms with Crippen LogP contribution in [-0.4, -0.2) is 78.5 Å². The lowest BCUT2D eigenvalue weighted by molar-refractivity contribution is -0.274. The maximum Gasteiger partial charge on any atom is 0.573 e. The normalized spacial score (nSPS) is 19.4. The van der Waals surface area contributed by atoms with E-state index in [4.69, 9.17) is 4.74 Å². The Hall–Kier alpha value is -3.18. The second-order valence-electron chi connectivity index (χ2n) is 9.92. The zero-order valence-electron chi connectivity index (χ0n) is 21.1. The number of methoxy groups -OCH3 is 1. The van der Waals surface area contributed by atoms with Gasteiger partial charge in [-0.1, -0.05) is 0 Å². The maximum absolute atomic E-state index is 15.1. The summed E-state index contributed by atoms with van der Waals surface area (Å²) >= 11 is 0. The average molecular weight is 535 g/mol. The number of nitrogens with zero attached hydrogens (tertiary/aromatic N) is 3. The van der Waals surface area contributed by atoms with Gasteiger partial charge in [-0.05, 0) is 62.1 Å². The number of carbonyl (C=O) groups is 1. The van der Waals surface area contributed by atoms with Crippen molar-refractivity contribution in [2.75, 3.05) is 46.4 Å². The topological polar surface area (TPSA) is 70.7 Å². The number of halogens is 4. The molecule has 0 spiro atoms. The van der Waals surface area contributed by atoms with Crippen molar-refractivity contribution in [1.82, 2.24) is 19.8 Å². The lowest BCUT2D eigenvalue weighted by atomic mass is 9.87. The molecule has 2 aliphatic heterocycles. The van der Waals surface area contributed by atoms with Crippen LogP contribution >= 0.6 is 0 Å². The number of benzene rings is 1. The minimum atomic E-state index is -4.79. The molecule has 4 heterocycles. The second-order valence-corrected chi connectivity index (χ2v) is 9.92. The molecule has 1 amide bonds. The van der Waals surface area contributed by atoms with Gasteiger partial charge in [0.05, 0.1) is 12.8 Å². The number of nitrogens with one attached hydrogen (secondary N) is 1. The van der Waals surface area contributed by atoms with E-state index in [0.29, 0.717) is 49.7 Å². The number of rotatable bonds is 7. The summed E-state index contributed by atoms with van der Waals surface area (Å²) in [6, 6.07) is 6.93. The van der Waals surface area contributed by atoms with E-state index in [9.17, 15) is 18.0 Å². The molecule has 1 aromatic carbocycles. The van der Waals surface area contributed by atoms with E-state index in [2.05, 4.69) is 19.6 Å². The maximum atomic E-state index is 15.1. The van der Waals surface area contributed by atoms with Crippen molar-refractivity contribution in [3.8, 4) is 5.75 Å². The molecule has 0 aliphatic carbocycles. The highest BCUT2D eigenvalue weighted by Gasteiger charge is 2.32. The number of carbonyl (C=O) groups excluding carboxylic acids is 1. The number of amides is 1. The number of hydrogen-bond acceptors (Lipinski definition) is 5. The number of alkyl halides is 3. The summed E-state index contributed by atoms with van der Waals surface area (Å²) < 4.78 is 61.3. The molecule has 2 aliphatic rings. The fourth-order valence-electron chi connectivity index (χ4n) is 5.59. The van der Waals surface area contributed by atoms with Crippen molar-refractivity contribution in [3.05, 3.63) is 59.2 Å². The van der Waals surface area contributed by atoms with Crippen LogP contribution in [0.5, 0.6) is 5.75 Å². The van der Waals surface area contributed by atoms with Gasteiger partial charge in [0, 0.05) is 61.4 Å². The molecule has 0 bridgehead atoms. The van der Waals surface area contributed by atoms with Gasteiger partial charge < -0.3 is 24.3 Å². The van der Waals surface area contributed by atoms with Crippen LogP contribution in [-0.2, 0) is 4.74 Å². The van der Waals surface area contributed by atoms with Crippen molar-refractivity contribution < 1.29 is 31.8 Å². The number of hydrogen-bond donors (Lipinski definition) is 1. The van der Waals surface area contributed by atoms with Gasteiger partial charge in [0.15, 0.2) is 0 Å². The van der Waals surface area contributed by atoms with Crippen LogP contribution in [0.1, 0.15) is 52.7 Å². The Morgan fingerprint density at radius 2 is 1.82 bits per heavy atom. The number of fused-ring (bicyclic) bond motifs is 1. The first kappa shape index (κ1) is 26.4. The van der Waals surface area contributed by atoms with Gasteiger partial charge in [-0.3, -0.25) is 4.79 Å². The van der Waals surface area contributed by atoms with E-state index >= 15 is 4.39 Å². The molecule has 1 N–H and O–H groups in total. The van der Waals surface area contributed by atoms with E-state index in [1.165, 1.54) is 18.3 Å². The molecule has 2 fully saturated rings. The SMILES string of the molecule is COCCN1CCC(c2cc3c(C4CCN(C(=O)c5ccc(OC(F)(F)F)cc5)CC4)c(F)cnc3[nH]2)C1. The largest absolute Gasteiger partial charge is 0.573 e. The number of likely N-dealkylation sites (tertiary alicyclic amines) is 2. The molecule has 204 valence electrons. The summed E-state index contributed by atoms with van der Waals surface area (Å²) in [7, 11) is 1.70. The summed E-state index contributed by atoms with van der Waals surface area (Å²) in [5.74, 6) is -0.746. The molecule has 5 rings (SSSR count). The fourth-order valence-corrected chi connectivity index (χ4v) is 5.59. The van der Waals surface area contributed by atoms with Crippen LogP contribution in [0.3, 0.4) is 0 Å². The quantitative estimate of drug-likeness (QED) is 0.430. The summed E-state index contributed by atoms with van der Waals surface area (Å²) in [5, 5.41) is 0.792. The van der Waals surface area contributed by atoms with Gasteiger partial charge in [-0.25, -0.2) is 9.37 Å². The fraction of sp³-hybridized carbons (Fsp3) is 0.481. The van der Waals surface area contributed by atoms with Crippen molar-refractivity contribution >= 4 is 16.9 Å². The Kier molecular flexibility index (Phi) is 7.58. The first-order valence-electron chi connectivity index (χ1n) is 12.7. The number of aromatic amines is 1. The van der Waals surface area contributed by atoms with Crippen molar-refractivity contribution in [1.29, 1.82) is 0 Å². The van der Waals surface area contributed by atoms with Crippen LogP contribution in [0.25, 0.3) is 11.0 Å². The van der Waals surface area contributed by atoms with Gasteiger partial charge >= 0.3 is 6.36 Å². The van der Waals surface area contributed by atoms with Crippen molar-refractivity contribution in [2.24, 2.45) is 0 Å². The lowest BCUT2D eigenvalue weighted by Crippen LogP contribution is -2.38. The molecule has 7 nitrogen and oxygen atoms in total. The molecule has 1 atom stereocenters. The molecular formula is C27H30F4N4O3. The molecule has 3 aromatic rings. The number of piperidine rings is 1. The van der Waals surface area contributed by atoms with E-state index in [-0.39, 0.29) is 29.0 Å². The minimum Gasteiger partial charge on any atom is -0.406 e. The summed E-state index contributed by atoms with van der Waals surface area (Å²) in [6.07, 6.45) is -1.36. The standard InChI is InChI=1S/C27H30F4N4O3/c1-37-13-12-34-9-6-19(16-34)23-14-21-24(22(28)15-32-25(21)33-23)17-7-10-35(11-8-17)26(36)18-2-4-20(5-3-18)38-27(29,30)31/h2-5,14-15,17,19H,6-13,16H2,1H3,(H,32,33). The molecule has 1 unspecified atom stereocenters. The van der Waals surface area contributed by atoms with Crippen LogP contribution in [0.4, 0.5) is 17.6 Å². The van der Waals surface area contributed by atoms with Crippen LogP contribution in [0.2, 0.25) is 0 Å². The predicted molar refractivity (Wildman–Crippen MR) is 133 cm³/mol. The van der Waals surface area contributed by atoms with E-state index in [1.807, 2.05) is 6.07 Å². The number of H-pyrrole nitrogens is 1. The first-order chi connectivity index (χ1) is 18.2. The van der Waals surface area contributed by atoms with E-state index < -0.39 is 6.36 Å². The number of ether oxygens (including phenoxy) is 2. The number of pyridine rings is 1. The Morgan fingerprint density at radius 3 is 2.50 bits per heavy atom. The monoisotopic (exact) mass is 534 g/mol. The highest BCUT2D eigenvalue weighted by molar-refractivity contribution is 5.94. The van der Waals surface area contributed by atoms with Gasteiger partial charge in [0.25, 0.3) is 5.91 Å². The average Bonchev–Trinajstić information content (AvgIpc) is 3.54. The lowest BCUT2D eigenvalue weighted by Gasteiger charge is -2.32. The summed E-state index contributed by atoms with van der Waals surface area (Å²) in [6.45, 7) is 4.31. The Bertz CT molecular complexity index is 1270. The van der Waals surface area contributed by atoms with Gasteiger partial charge in [-0.15, -0.1) is 13.2 Å². The molecule has 0 radical (unpaired) electrons. The van der Waals surface area contributed by atoms with Gasteiger partial charge in [-0.2, -0.15) is 0 Å². The molecule has 2 saturated heterocycles. The summed E-state index contributed by atoms with van der Waals surface area (Å²) in [4.78, 5) is 24.6. The Balaban J connectivity index is 1.26. The van der Waals surface area contributed by atoms with Gasteiger partial charge in [0.1, 0.15) is 17.2 Å². The molecular weight excluding hydrogens is 504 g/mol. The minimum absolute atomic E-state index is 0.0717. The summed E-state index contributed by atoms with van der Waals surface area (Å²) in [5.41, 5.74) is 2.64. The number of aromatic nitrogens is 2. The highest BCUT2D eigenvalue weighted by atomic mass is 19.4. The zero-order chi connectivity index (χ0) is 26.9. The van der Waals surface area contributed by atoms with Crippen molar-refractivity contribution in [3.63, 3.8) is 0 Å². The molecule has 2 aromatic heterocycles. The third kappa shape index (κ3) is 5.78.